The standard InChI is InChI=1S/C11H21BrN2O/c1-4-6-7-8-9-10(3)13-14(15)11(12)5-2/h5,10H,4,6-9H2,1-3H3/b11-5-,14-13?. The molecular formula is C11H21BrN2O. The van der Waals surface area contributed by atoms with E-state index in [2.05, 4.69) is 28.0 Å². The van der Waals surface area contributed by atoms with Gasteiger partial charge in [-0.25, -0.2) is 0 Å². The van der Waals surface area contributed by atoms with Crippen LogP contribution in [-0.2, 0) is 0 Å². The molecule has 0 spiro atoms. The number of hydrogen-bond donors (Lipinski definition) is 0. The molecule has 3 nitrogen and oxygen atoms in total. The molecule has 0 saturated heterocycles. The van der Waals surface area contributed by atoms with E-state index in [9.17, 15) is 5.21 Å². The van der Waals surface area contributed by atoms with Crippen molar-refractivity contribution in [2.24, 2.45) is 5.11 Å². The maximum absolute atomic E-state index is 11.3. The van der Waals surface area contributed by atoms with Gasteiger partial charge in [0, 0.05) is 15.9 Å². The Morgan fingerprint density at radius 2 is 2.13 bits per heavy atom. The van der Waals surface area contributed by atoms with E-state index >= 15 is 0 Å². The molecule has 0 aliphatic rings. The molecule has 0 heterocycles. The van der Waals surface area contributed by atoms with E-state index in [0.29, 0.717) is 9.47 Å². The summed E-state index contributed by atoms with van der Waals surface area (Å²) < 4.78 is 0.475. The third-order valence-corrected chi connectivity index (χ3v) is 2.96. The molecule has 0 aromatic carbocycles. The number of halogens is 1. The summed E-state index contributed by atoms with van der Waals surface area (Å²) in [5, 5.41) is 15.3. The van der Waals surface area contributed by atoms with E-state index < -0.39 is 0 Å². The van der Waals surface area contributed by atoms with Crippen LogP contribution in [0.25, 0.3) is 0 Å². The molecular weight excluding hydrogens is 256 g/mol. The lowest BCUT2D eigenvalue weighted by Gasteiger charge is -2.04. The van der Waals surface area contributed by atoms with Gasteiger partial charge in [0.25, 0.3) is 4.61 Å². The summed E-state index contributed by atoms with van der Waals surface area (Å²) in [4.78, 5) is 0.657. The first-order chi connectivity index (χ1) is 7.11. The van der Waals surface area contributed by atoms with Crippen LogP contribution in [0.1, 0.15) is 52.9 Å². The molecule has 0 aliphatic carbocycles. The summed E-state index contributed by atoms with van der Waals surface area (Å²) in [6.07, 6.45) is 7.58. The number of nitrogens with zero attached hydrogens (tertiary/aromatic N) is 2. The average molecular weight is 277 g/mol. The minimum atomic E-state index is 0.104. The Morgan fingerprint density at radius 3 is 2.67 bits per heavy atom. The Hall–Kier alpha value is -0.380. The largest absolute Gasteiger partial charge is 0.594 e. The molecule has 1 atom stereocenters. The SMILES string of the molecule is C/C=C(/Br)[N+]([O-])=NC(C)CCCCCC. The molecule has 1 unspecified atom stereocenters. The van der Waals surface area contributed by atoms with Crippen LogP contribution in [0.5, 0.6) is 0 Å². The van der Waals surface area contributed by atoms with Gasteiger partial charge in [-0.1, -0.05) is 32.6 Å². The van der Waals surface area contributed by atoms with Crippen LogP contribution in [0.15, 0.2) is 15.8 Å². The maximum Gasteiger partial charge on any atom is 0.281 e. The van der Waals surface area contributed by atoms with Gasteiger partial charge in [0.05, 0.1) is 0 Å². The number of azo groups is 1. The van der Waals surface area contributed by atoms with Crippen LogP contribution in [0, 0.1) is 5.21 Å². The quantitative estimate of drug-likeness (QED) is 0.221. The number of hydrogen-bond acceptors (Lipinski definition) is 2. The molecule has 0 aliphatic heterocycles. The zero-order valence-corrected chi connectivity index (χ0v) is 11.5. The zero-order valence-electron chi connectivity index (χ0n) is 9.87. The van der Waals surface area contributed by atoms with Gasteiger partial charge in [-0.2, -0.15) is 0 Å². The summed E-state index contributed by atoms with van der Waals surface area (Å²) in [5.74, 6) is 0. The van der Waals surface area contributed by atoms with Gasteiger partial charge >= 0.3 is 0 Å². The predicted molar refractivity (Wildman–Crippen MR) is 67.0 cm³/mol. The minimum absolute atomic E-state index is 0.104. The van der Waals surface area contributed by atoms with E-state index in [1.165, 1.54) is 19.3 Å². The van der Waals surface area contributed by atoms with Crippen LogP contribution in [0.3, 0.4) is 0 Å². The summed E-state index contributed by atoms with van der Waals surface area (Å²) in [6.45, 7) is 5.97. The van der Waals surface area contributed by atoms with Gasteiger partial charge in [0.2, 0.25) is 0 Å². The van der Waals surface area contributed by atoms with Gasteiger partial charge in [-0.3, -0.25) is 0 Å². The minimum Gasteiger partial charge on any atom is -0.594 e. The summed E-state index contributed by atoms with van der Waals surface area (Å²) in [7, 11) is 0. The molecule has 0 rings (SSSR count). The first-order valence-corrected chi connectivity index (χ1v) is 6.41. The van der Waals surface area contributed by atoms with Crippen molar-refractivity contribution in [3.63, 3.8) is 0 Å². The first kappa shape index (κ1) is 14.6. The molecule has 0 bridgehead atoms. The first-order valence-electron chi connectivity index (χ1n) is 5.61. The highest BCUT2D eigenvalue weighted by Crippen LogP contribution is 2.11. The second-order valence-electron chi connectivity index (χ2n) is 3.70. The van der Waals surface area contributed by atoms with Gasteiger partial charge in [-0.15, -0.1) is 0 Å². The van der Waals surface area contributed by atoms with Crippen LogP contribution in [0.4, 0.5) is 0 Å². The summed E-state index contributed by atoms with van der Waals surface area (Å²) >= 11 is 3.14. The van der Waals surface area contributed by atoms with Crippen LogP contribution < -0.4 is 0 Å². The lowest BCUT2D eigenvalue weighted by Crippen LogP contribution is -2.04. The van der Waals surface area contributed by atoms with Crippen molar-refractivity contribution in [2.45, 2.75) is 58.9 Å². The molecule has 0 radical (unpaired) electrons. The monoisotopic (exact) mass is 276 g/mol. The molecule has 0 aromatic heterocycles. The fourth-order valence-electron chi connectivity index (χ4n) is 1.27. The van der Waals surface area contributed by atoms with Crippen molar-refractivity contribution in [3.05, 3.63) is 15.9 Å². The Balaban J connectivity index is 3.86. The fraction of sp³-hybridized carbons (Fsp3) is 0.818. The van der Waals surface area contributed by atoms with Crippen LogP contribution in [0.2, 0.25) is 0 Å². The molecule has 4 heteroatoms. The Bertz CT molecular complexity index is 227. The van der Waals surface area contributed by atoms with Crippen molar-refractivity contribution in [2.75, 3.05) is 0 Å². The molecule has 0 amide bonds. The van der Waals surface area contributed by atoms with Crippen molar-refractivity contribution < 1.29 is 4.86 Å². The van der Waals surface area contributed by atoms with E-state index in [4.69, 9.17) is 0 Å². The smallest absolute Gasteiger partial charge is 0.281 e. The van der Waals surface area contributed by atoms with Gasteiger partial charge < -0.3 is 5.21 Å². The lowest BCUT2D eigenvalue weighted by atomic mass is 10.1. The molecule has 0 saturated carbocycles. The number of rotatable bonds is 7. The molecule has 0 fully saturated rings. The highest BCUT2D eigenvalue weighted by molar-refractivity contribution is 9.11. The van der Waals surface area contributed by atoms with Crippen molar-refractivity contribution in [1.29, 1.82) is 0 Å². The van der Waals surface area contributed by atoms with Gasteiger partial charge in [0.15, 0.2) is 0 Å². The average Bonchev–Trinajstić information content (AvgIpc) is 2.23. The number of unbranched alkanes of at least 4 members (excludes halogenated alkanes) is 3. The van der Waals surface area contributed by atoms with E-state index in [1.54, 1.807) is 13.0 Å². The van der Waals surface area contributed by atoms with Crippen molar-refractivity contribution in [3.8, 4) is 0 Å². The molecule has 0 aromatic rings. The third-order valence-electron chi connectivity index (χ3n) is 2.20. The van der Waals surface area contributed by atoms with Crippen LogP contribution >= 0.6 is 15.9 Å². The van der Waals surface area contributed by atoms with Crippen LogP contribution in [-0.4, -0.2) is 10.9 Å². The van der Waals surface area contributed by atoms with Gasteiger partial charge in [-0.05, 0) is 36.3 Å². The predicted octanol–water partition coefficient (Wildman–Crippen LogP) is 4.56. The molecule has 0 N–H and O–H groups in total. The second kappa shape index (κ2) is 8.89. The van der Waals surface area contributed by atoms with Crippen molar-refractivity contribution in [1.82, 2.24) is 0 Å². The number of hydroxylamine groups is 1. The second-order valence-corrected chi connectivity index (χ2v) is 4.51. The lowest BCUT2D eigenvalue weighted by molar-refractivity contribution is -0.468. The Kier molecular flexibility index (Phi) is 8.67. The van der Waals surface area contributed by atoms with E-state index in [1.807, 2.05) is 6.92 Å². The Morgan fingerprint density at radius 1 is 1.47 bits per heavy atom. The highest BCUT2D eigenvalue weighted by Gasteiger charge is 2.06. The van der Waals surface area contributed by atoms with E-state index in [0.717, 1.165) is 12.8 Å². The highest BCUT2D eigenvalue weighted by atomic mass is 79.9. The maximum atomic E-state index is 11.3. The van der Waals surface area contributed by atoms with Crippen molar-refractivity contribution >= 4 is 15.9 Å². The number of allylic oxidation sites excluding steroid dienone is 1. The Labute approximate surface area is 101 Å². The van der Waals surface area contributed by atoms with Gasteiger partial charge in [0.1, 0.15) is 6.04 Å². The van der Waals surface area contributed by atoms with E-state index in [-0.39, 0.29) is 6.04 Å². The summed E-state index contributed by atoms with van der Waals surface area (Å²) in [6, 6.07) is 0.104. The summed E-state index contributed by atoms with van der Waals surface area (Å²) in [5.41, 5.74) is 0. The topological polar surface area (TPSA) is 38.4 Å². The molecule has 15 heavy (non-hydrogen) atoms. The molecule has 88 valence electrons. The third kappa shape index (κ3) is 7.54. The fourth-order valence-corrected chi connectivity index (χ4v) is 1.36. The zero-order chi connectivity index (χ0) is 11.7. The normalized spacial score (nSPS) is 15.5.